The molecule has 1 aliphatic heterocycles. The summed E-state index contributed by atoms with van der Waals surface area (Å²) in [5.74, 6) is 2.08. The number of nitrogens with zero attached hydrogens (tertiary/aromatic N) is 2. The van der Waals surface area contributed by atoms with Gasteiger partial charge in [-0.1, -0.05) is 30.3 Å². The Balaban J connectivity index is 1.71. The molecule has 26 heavy (non-hydrogen) atoms. The van der Waals surface area contributed by atoms with Gasteiger partial charge in [0.25, 0.3) is 5.91 Å². The zero-order valence-electron chi connectivity index (χ0n) is 15.5. The van der Waals surface area contributed by atoms with Crippen molar-refractivity contribution < 1.29 is 9.53 Å². The molecule has 0 radical (unpaired) electrons. The van der Waals surface area contributed by atoms with Crippen LogP contribution in [0.25, 0.3) is 11.1 Å². The molecule has 0 N–H and O–H groups in total. The van der Waals surface area contributed by atoms with Crippen LogP contribution in [0.3, 0.4) is 0 Å². The van der Waals surface area contributed by atoms with Crippen molar-refractivity contribution >= 4 is 17.7 Å². The summed E-state index contributed by atoms with van der Waals surface area (Å²) in [6, 6.07) is 15.7. The second-order valence-corrected chi connectivity index (χ2v) is 7.39. The summed E-state index contributed by atoms with van der Waals surface area (Å²) < 4.78 is 5.46. The van der Waals surface area contributed by atoms with E-state index in [-0.39, 0.29) is 5.91 Å². The van der Waals surface area contributed by atoms with E-state index < -0.39 is 0 Å². The number of rotatable bonds is 6. The molecule has 4 nitrogen and oxygen atoms in total. The molecule has 5 heteroatoms. The minimum Gasteiger partial charge on any atom is -0.496 e. The van der Waals surface area contributed by atoms with Crippen molar-refractivity contribution in [2.24, 2.45) is 0 Å². The first-order chi connectivity index (χ1) is 12.7. The Hall–Kier alpha value is -1.98. The molecule has 1 heterocycles. The van der Waals surface area contributed by atoms with E-state index in [0.717, 1.165) is 60.9 Å². The van der Waals surface area contributed by atoms with Crippen LogP contribution in [-0.4, -0.2) is 67.5 Å². The molecular weight excluding hydrogens is 344 g/mol. The molecule has 1 saturated heterocycles. The van der Waals surface area contributed by atoms with Crippen LogP contribution in [0.15, 0.2) is 48.5 Å². The van der Waals surface area contributed by atoms with Gasteiger partial charge in [0.15, 0.2) is 0 Å². The molecule has 0 unspecified atom stereocenters. The summed E-state index contributed by atoms with van der Waals surface area (Å²) >= 11 is 1.87. The van der Waals surface area contributed by atoms with Gasteiger partial charge in [0.05, 0.1) is 7.11 Å². The molecule has 0 saturated carbocycles. The third-order valence-corrected chi connectivity index (χ3v) is 5.39. The number of methoxy groups -OCH3 is 1. The SMILES string of the molecule is COc1ccccc1-c1cccc(C(=O)N2CCN(CCSC)CC2)c1. The molecule has 0 spiro atoms. The Bertz CT molecular complexity index is 742. The molecule has 1 fully saturated rings. The van der Waals surface area contributed by atoms with E-state index in [1.807, 2.05) is 65.2 Å². The maximum atomic E-state index is 12.9. The van der Waals surface area contributed by atoms with Gasteiger partial charge in [-0.05, 0) is 30.0 Å². The lowest BCUT2D eigenvalue weighted by Gasteiger charge is -2.34. The fourth-order valence-corrected chi connectivity index (χ4v) is 3.72. The number of thioether (sulfide) groups is 1. The van der Waals surface area contributed by atoms with Crippen LogP contribution in [0.4, 0.5) is 0 Å². The van der Waals surface area contributed by atoms with Crippen molar-refractivity contribution in [1.29, 1.82) is 0 Å². The van der Waals surface area contributed by atoms with E-state index in [2.05, 4.69) is 11.2 Å². The highest BCUT2D eigenvalue weighted by atomic mass is 32.2. The lowest BCUT2D eigenvalue weighted by atomic mass is 10.0. The van der Waals surface area contributed by atoms with E-state index in [9.17, 15) is 4.79 Å². The molecule has 3 rings (SSSR count). The van der Waals surface area contributed by atoms with E-state index in [0.29, 0.717) is 0 Å². The third kappa shape index (κ3) is 4.40. The summed E-state index contributed by atoms with van der Waals surface area (Å²) in [5, 5.41) is 0. The van der Waals surface area contributed by atoms with E-state index in [1.54, 1.807) is 7.11 Å². The van der Waals surface area contributed by atoms with Crippen molar-refractivity contribution in [1.82, 2.24) is 9.80 Å². The van der Waals surface area contributed by atoms with Crippen LogP contribution < -0.4 is 4.74 Å². The van der Waals surface area contributed by atoms with Crippen LogP contribution in [0.2, 0.25) is 0 Å². The zero-order chi connectivity index (χ0) is 18.4. The molecule has 1 amide bonds. The Morgan fingerprint density at radius 2 is 1.85 bits per heavy atom. The van der Waals surface area contributed by atoms with Gasteiger partial charge in [-0.25, -0.2) is 0 Å². The number of amides is 1. The lowest BCUT2D eigenvalue weighted by Crippen LogP contribution is -2.49. The number of piperazine rings is 1. The third-order valence-electron chi connectivity index (χ3n) is 4.80. The van der Waals surface area contributed by atoms with E-state index >= 15 is 0 Å². The Morgan fingerprint density at radius 3 is 2.58 bits per heavy atom. The highest BCUT2D eigenvalue weighted by Crippen LogP contribution is 2.30. The van der Waals surface area contributed by atoms with Crippen LogP contribution >= 0.6 is 11.8 Å². The van der Waals surface area contributed by atoms with Crippen LogP contribution in [0.5, 0.6) is 5.75 Å². The molecule has 2 aromatic carbocycles. The average Bonchev–Trinajstić information content (AvgIpc) is 2.72. The molecule has 0 atom stereocenters. The van der Waals surface area contributed by atoms with E-state index in [4.69, 9.17) is 4.74 Å². The summed E-state index contributed by atoms with van der Waals surface area (Å²) in [7, 11) is 1.67. The van der Waals surface area contributed by atoms with Gasteiger partial charge >= 0.3 is 0 Å². The number of para-hydroxylation sites is 1. The van der Waals surface area contributed by atoms with Gasteiger partial charge in [-0.3, -0.25) is 9.69 Å². The first-order valence-electron chi connectivity index (χ1n) is 8.97. The van der Waals surface area contributed by atoms with Gasteiger partial charge in [0, 0.05) is 49.6 Å². The van der Waals surface area contributed by atoms with Crippen molar-refractivity contribution in [2.45, 2.75) is 0 Å². The Morgan fingerprint density at radius 1 is 1.08 bits per heavy atom. The first kappa shape index (κ1) is 18.8. The second-order valence-electron chi connectivity index (χ2n) is 6.41. The molecular formula is C21H26N2O2S. The number of hydrogen-bond acceptors (Lipinski definition) is 4. The van der Waals surface area contributed by atoms with Gasteiger partial charge < -0.3 is 9.64 Å². The van der Waals surface area contributed by atoms with Gasteiger partial charge in [-0.2, -0.15) is 11.8 Å². The monoisotopic (exact) mass is 370 g/mol. The Kier molecular flexibility index (Phi) is 6.58. The number of carbonyl (C=O) groups is 1. The standard InChI is InChI=1S/C21H26N2O2S/c1-25-20-9-4-3-8-19(20)17-6-5-7-18(16-17)21(24)23-12-10-22(11-13-23)14-15-26-2/h3-9,16H,10-15H2,1-2H3. The average molecular weight is 371 g/mol. The van der Waals surface area contributed by atoms with Crippen LogP contribution in [-0.2, 0) is 0 Å². The minimum absolute atomic E-state index is 0.117. The molecule has 2 aromatic rings. The fourth-order valence-electron chi connectivity index (χ4n) is 3.28. The number of benzene rings is 2. The first-order valence-corrected chi connectivity index (χ1v) is 10.4. The fraction of sp³-hybridized carbons (Fsp3) is 0.381. The minimum atomic E-state index is 0.117. The van der Waals surface area contributed by atoms with Gasteiger partial charge in [-0.15, -0.1) is 0 Å². The maximum Gasteiger partial charge on any atom is 0.253 e. The quantitative estimate of drug-likeness (QED) is 0.779. The maximum absolute atomic E-state index is 12.9. The van der Waals surface area contributed by atoms with Gasteiger partial charge in [0.2, 0.25) is 0 Å². The molecule has 1 aliphatic rings. The summed E-state index contributed by atoms with van der Waals surface area (Å²) in [5.41, 5.74) is 2.75. The second kappa shape index (κ2) is 9.10. The largest absolute Gasteiger partial charge is 0.496 e. The zero-order valence-corrected chi connectivity index (χ0v) is 16.3. The highest BCUT2D eigenvalue weighted by Gasteiger charge is 2.22. The van der Waals surface area contributed by atoms with E-state index in [1.165, 1.54) is 0 Å². The molecule has 0 aromatic heterocycles. The highest BCUT2D eigenvalue weighted by molar-refractivity contribution is 7.98. The number of hydrogen-bond donors (Lipinski definition) is 0. The predicted molar refractivity (Wildman–Crippen MR) is 109 cm³/mol. The number of carbonyl (C=O) groups excluding carboxylic acids is 1. The van der Waals surface area contributed by atoms with Crippen LogP contribution in [0.1, 0.15) is 10.4 Å². The van der Waals surface area contributed by atoms with Crippen molar-refractivity contribution in [3.8, 4) is 16.9 Å². The Labute approximate surface area is 160 Å². The van der Waals surface area contributed by atoms with Crippen molar-refractivity contribution in [3.05, 3.63) is 54.1 Å². The topological polar surface area (TPSA) is 32.8 Å². The predicted octanol–water partition coefficient (Wildman–Crippen LogP) is 3.48. The number of ether oxygens (including phenoxy) is 1. The summed E-state index contributed by atoms with van der Waals surface area (Å²) in [4.78, 5) is 17.3. The smallest absolute Gasteiger partial charge is 0.253 e. The molecule has 0 aliphatic carbocycles. The van der Waals surface area contributed by atoms with Crippen LogP contribution in [0, 0.1) is 0 Å². The van der Waals surface area contributed by atoms with Crippen molar-refractivity contribution in [2.75, 3.05) is 51.8 Å². The van der Waals surface area contributed by atoms with Crippen molar-refractivity contribution in [3.63, 3.8) is 0 Å². The molecule has 138 valence electrons. The molecule has 0 bridgehead atoms. The normalized spacial score (nSPS) is 15.1. The van der Waals surface area contributed by atoms with Gasteiger partial charge in [0.1, 0.15) is 5.75 Å². The summed E-state index contributed by atoms with van der Waals surface area (Å²) in [6.45, 7) is 4.61. The lowest BCUT2D eigenvalue weighted by molar-refractivity contribution is 0.0644. The summed E-state index contributed by atoms with van der Waals surface area (Å²) in [6.07, 6.45) is 2.13.